The maximum absolute atomic E-state index is 5.53. The van der Waals surface area contributed by atoms with Gasteiger partial charge in [0.15, 0.2) is 0 Å². The van der Waals surface area contributed by atoms with E-state index >= 15 is 0 Å². The van der Waals surface area contributed by atoms with E-state index in [0.717, 1.165) is 19.5 Å². The van der Waals surface area contributed by atoms with Crippen molar-refractivity contribution in [3.05, 3.63) is 29.3 Å². The third kappa shape index (κ3) is 1.54. The van der Waals surface area contributed by atoms with Crippen LogP contribution in [0.4, 0.5) is 5.69 Å². The van der Waals surface area contributed by atoms with Crippen LogP contribution in [0.2, 0.25) is 0 Å². The molecule has 0 spiro atoms. The Morgan fingerprint density at radius 2 is 2.31 bits per heavy atom. The van der Waals surface area contributed by atoms with E-state index < -0.39 is 0 Å². The van der Waals surface area contributed by atoms with Gasteiger partial charge in [-0.3, -0.25) is 0 Å². The summed E-state index contributed by atoms with van der Waals surface area (Å²) < 4.78 is 0. The molecule has 2 N–H and O–H groups in total. The summed E-state index contributed by atoms with van der Waals surface area (Å²) in [5, 5.41) is 0. The van der Waals surface area contributed by atoms with E-state index in [1.54, 1.807) is 0 Å². The second-order valence-electron chi connectivity index (χ2n) is 3.67. The molecular weight excluding hydrogens is 160 g/mol. The van der Waals surface area contributed by atoms with Crippen LogP contribution in [0, 0.1) is 0 Å². The number of nitrogens with two attached hydrogens (primary N) is 1. The van der Waals surface area contributed by atoms with E-state index in [2.05, 4.69) is 30.1 Å². The monoisotopic (exact) mass is 176 g/mol. The molecule has 1 aromatic carbocycles. The molecule has 2 rings (SSSR count). The Bertz CT molecular complexity index is 307. The number of rotatable bonds is 2. The molecule has 2 nitrogen and oxygen atoms in total. The van der Waals surface area contributed by atoms with Crippen molar-refractivity contribution in [2.45, 2.75) is 12.8 Å². The average molecular weight is 176 g/mol. The van der Waals surface area contributed by atoms with E-state index in [1.165, 1.54) is 23.2 Å². The maximum atomic E-state index is 5.53. The van der Waals surface area contributed by atoms with E-state index in [0.29, 0.717) is 0 Å². The minimum absolute atomic E-state index is 0.739. The molecule has 0 amide bonds. The number of hydrogen-bond acceptors (Lipinski definition) is 2. The molecular formula is C11H16N2. The maximum Gasteiger partial charge on any atom is 0.0399 e. The highest BCUT2D eigenvalue weighted by Crippen LogP contribution is 2.27. The number of anilines is 1. The summed E-state index contributed by atoms with van der Waals surface area (Å²) in [4.78, 5) is 2.31. The molecule has 1 heterocycles. The van der Waals surface area contributed by atoms with Crippen LogP contribution in [0.25, 0.3) is 0 Å². The van der Waals surface area contributed by atoms with Gasteiger partial charge in [0.2, 0.25) is 0 Å². The van der Waals surface area contributed by atoms with Gasteiger partial charge in [-0.15, -0.1) is 0 Å². The molecule has 1 aromatic rings. The third-order valence-corrected chi connectivity index (χ3v) is 2.71. The predicted molar refractivity (Wildman–Crippen MR) is 56.2 cm³/mol. The molecule has 0 atom stereocenters. The standard InChI is InChI=1S/C11H16N2/c1-13-7-5-10-3-2-9(4-6-12)8-11(10)13/h2-3,8H,4-7,12H2,1H3. The van der Waals surface area contributed by atoms with Gasteiger partial charge in [-0.25, -0.2) is 0 Å². The van der Waals surface area contributed by atoms with Crippen LogP contribution in [0.1, 0.15) is 11.1 Å². The van der Waals surface area contributed by atoms with Gasteiger partial charge in [0.05, 0.1) is 0 Å². The fourth-order valence-corrected chi connectivity index (χ4v) is 1.91. The average Bonchev–Trinajstić information content (AvgIpc) is 2.49. The number of benzene rings is 1. The lowest BCUT2D eigenvalue weighted by Gasteiger charge is -2.12. The summed E-state index contributed by atoms with van der Waals surface area (Å²) in [6.07, 6.45) is 2.18. The molecule has 0 saturated carbocycles. The van der Waals surface area contributed by atoms with Gasteiger partial charge in [0.25, 0.3) is 0 Å². The summed E-state index contributed by atoms with van der Waals surface area (Å²) in [7, 11) is 2.15. The molecule has 13 heavy (non-hydrogen) atoms. The van der Waals surface area contributed by atoms with Crippen molar-refractivity contribution < 1.29 is 0 Å². The lowest BCUT2D eigenvalue weighted by atomic mass is 10.1. The second kappa shape index (κ2) is 3.38. The van der Waals surface area contributed by atoms with Gasteiger partial charge < -0.3 is 10.6 Å². The van der Waals surface area contributed by atoms with Gasteiger partial charge >= 0.3 is 0 Å². The lowest BCUT2D eigenvalue weighted by molar-refractivity contribution is 0.952. The largest absolute Gasteiger partial charge is 0.374 e. The van der Waals surface area contributed by atoms with E-state index in [4.69, 9.17) is 5.73 Å². The highest BCUT2D eigenvalue weighted by atomic mass is 15.1. The fourth-order valence-electron chi connectivity index (χ4n) is 1.91. The van der Waals surface area contributed by atoms with Gasteiger partial charge in [0, 0.05) is 19.3 Å². The number of nitrogens with zero attached hydrogens (tertiary/aromatic N) is 1. The molecule has 0 unspecified atom stereocenters. The summed E-state index contributed by atoms with van der Waals surface area (Å²) in [5.41, 5.74) is 9.75. The summed E-state index contributed by atoms with van der Waals surface area (Å²) in [5.74, 6) is 0. The normalized spacial score (nSPS) is 14.8. The Morgan fingerprint density at radius 3 is 3.08 bits per heavy atom. The van der Waals surface area contributed by atoms with Crippen molar-refractivity contribution in [2.24, 2.45) is 5.73 Å². The van der Waals surface area contributed by atoms with Crippen molar-refractivity contribution in [3.63, 3.8) is 0 Å². The van der Waals surface area contributed by atoms with Crippen LogP contribution >= 0.6 is 0 Å². The first-order chi connectivity index (χ1) is 6.31. The van der Waals surface area contributed by atoms with Crippen molar-refractivity contribution in [1.82, 2.24) is 0 Å². The van der Waals surface area contributed by atoms with E-state index in [9.17, 15) is 0 Å². The molecule has 0 bridgehead atoms. The Kier molecular flexibility index (Phi) is 2.23. The number of fused-ring (bicyclic) bond motifs is 1. The Balaban J connectivity index is 2.31. The molecule has 0 fully saturated rings. The molecule has 1 aliphatic rings. The number of hydrogen-bond donors (Lipinski definition) is 1. The predicted octanol–water partition coefficient (Wildman–Crippen LogP) is 1.18. The highest BCUT2D eigenvalue weighted by molar-refractivity contribution is 5.58. The third-order valence-electron chi connectivity index (χ3n) is 2.71. The first-order valence-corrected chi connectivity index (χ1v) is 4.84. The van der Waals surface area contributed by atoms with Crippen molar-refractivity contribution in [1.29, 1.82) is 0 Å². The van der Waals surface area contributed by atoms with Crippen molar-refractivity contribution in [3.8, 4) is 0 Å². The Hall–Kier alpha value is -1.02. The number of likely N-dealkylation sites (N-methyl/N-ethyl adjacent to an activating group) is 1. The summed E-state index contributed by atoms with van der Waals surface area (Å²) >= 11 is 0. The lowest BCUT2D eigenvalue weighted by Crippen LogP contribution is -2.12. The zero-order chi connectivity index (χ0) is 9.26. The van der Waals surface area contributed by atoms with E-state index in [1.807, 2.05) is 0 Å². The fraction of sp³-hybridized carbons (Fsp3) is 0.455. The minimum Gasteiger partial charge on any atom is -0.374 e. The second-order valence-corrected chi connectivity index (χ2v) is 3.67. The minimum atomic E-state index is 0.739. The summed E-state index contributed by atoms with van der Waals surface area (Å²) in [6.45, 7) is 1.89. The quantitative estimate of drug-likeness (QED) is 0.733. The highest BCUT2D eigenvalue weighted by Gasteiger charge is 2.14. The van der Waals surface area contributed by atoms with Crippen LogP contribution in [-0.2, 0) is 12.8 Å². The van der Waals surface area contributed by atoms with Gasteiger partial charge in [-0.05, 0) is 36.6 Å². The van der Waals surface area contributed by atoms with Crippen LogP contribution < -0.4 is 10.6 Å². The van der Waals surface area contributed by atoms with Crippen LogP contribution in [0.15, 0.2) is 18.2 Å². The van der Waals surface area contributed by atoms with Gasteiger partial charge in [0.1, 0.15) is 0 Å². The molecule has 0 aliphatic carbocycles. The SMILES string of the molecule is CN1CCc2ccc(CCN)cc21. The van der Waals surface area contributed by atoms with Crippen LogP contribution in [0.5, 0.6) is 0 Å². The van der Waals surface area contributed by atoms with Gasteiger partial charge in [-0.1, -0.05) is 12.1 Å². The molecule has 0 saturated heterocycles. The molecule has 0 radical (unpaired) electrons. The first-order valence-electron chi connectivity index (χ1n) is 4.84. The van der Waals surface area contributed by atoms with Crippen LogP contribution in [0.3, 0.4) is 0 Å². The van der Waals surface area contributed by atoms with Crippen molar-refractivity contribution >= 4 is 5.69 Å². The van der Waals surface area contributed by atoms with E-state index in [-0.39, 0.29) is 0 Å². The van der Waals surface area contributed by atoms with Crippen LogP contribution in [-0.4, -0.2) is 20.1 Å². The Morgan fingerprint density at radius 1 is 1.46 bits per heavy atom. The molecule has 1 aliphatic heterocycles. The van der Waals surface area contributed by atoms with Gasteiger partial charge in [-0.2, -0.15) is 0 Å². The first kappa shape index (κ1) is 8.57. The summed E-state index contributed by atoms with van der Waals surface area (Å²) in [6, 6.07) is 6.71. The zero-order valence-electron chi connectivity index (χ0n) is 8.09. The smallest absolute Gasteiger partial charge is 0.0399 e. The molecule has 70 valence electrons. The molecule has 0 aromatic heterocycles. The molecule has 2 heteroatoms. The topological polar surface area (TPSA) is 29.3 Å². The van der Waals surface area contributed by atoms with Crippen molar-refractivity contribution in [2.75, 3.05) is 25.0 Å². The zero-order valence-corrected chi connectivity index (χ0v) is 8.09. The Labute approximate surface area is 79.4 Å².